The van der Waals surface area contributed by atoms with Gasteiger partial charge in [-0.05, 0) is 12.1 Å². The minimum Gasteiger partial charge on any atom is -0.453 e. The van der Waals surface area contributed by atoms with E-state index in [0.717, 1.165) is 0 Å². The summed E-state index contributed by atoms with van der Waals surface area (Å²) in [7, 11) is 0. The summed E-state index contributed by atoms with van der Waals surface area (Å²) in [4.78, 5) is 12.1. The third kappa shape index (κ3) is 2.84. The van der Waals surface area contributed by atoms with Crippen molar-refractivity contribution in [1.82, 2.24) is 0 Å². The summed E-state index contributed by atoms with van der Waals surface area (Å²) in [6, 6.07) is 6.16. The van der Waals surface area contributed by atoms with Crippen LogP contribution in [-0.4, -0.2) is 75.1 Å². The number of hydroxylamine groups is 1. The van der Waals surface area contributed by atoms with Gasteiger partial charge in [0.1, 0.15) is 35.9 Å². The van der Waals surface area contributed by atoms with Gasteiger partial charge >= 0.3 is 5.91 Å². The first kappa shape index (κ1) is 17.0. The van der Waals surface area contributed by atoms with Gasteiger partial charge in [-0.25, -0.2) is 0 Å². The second-order valence-corrected chi connectivity index (χ2v) is 5.40. The number of nitrogens with zero attached hydrogens (tertiary/aromatic N) is 1. The summed E-state index contributed by atoms with van der Waals surface area (Å²) in [5.41, 5.74) is 0.121. The highest BCUT2D eigenvalue weighted by Gasteiger charge is 2.47. The lowest BCUT2D eigenvalue weighted by atomic mass is 9.99. The number of hydrogen-bond donors (Lipinski definition) is 5. The van der Waals surface area contributed by atoms with Crippen molar-refractivity contribution in [3.8, 4) is 5.75 Å². The number of anilines is 1. The van der Waals surface area contributed by atoms with Gasteiger partial charge in [-0.1, -0.05) is 12.1 Å². The maximum atomic E-state index is 12.1. The first-order chi connectivity index (χ1) is 11.4. The zero-order valence-corrected chi connectivity index (χ0v) is 12.3. The van der Waals surface area contributed by atoms with Crippen LogP contribution in [0.3, 0.4) is 0 Å². The lowest BCUT2D eigenvalue weighted by molar-refractivity contribution is -0.323. The Labute approximate surface area is 136 Å². The lowest BCUT2D eigenvalue weighted by Gasteiger charge is -2.41. The highest BCUT2D eigenvalue weighted by Crippen LogP contribution is 2.34. The van der Waals surface area contributed by atoms with E-state index in [0.29, 0.717) is 5.06 Å². The van der Waals surface area contributed by atoms with E-state index in [1.54, 1.807) is 12.1 Å². The van der Waals surface area contributed by atoms with E-state index < -0.39 is 49.5 Å². The first-order valence-electron chi connectivity index (χ1n) is 7.18. The van der Waals surface area contributed by atoms with Gasteiger partial charge in [0.25, 0.3) is 6.29 Å². The molecule has 0 aromatic heterocycles. The lowest BCUT2D eigenvalue weighted by Crippen LogP contribution is -2.61. The van der Waals surface area contributed by atoms with Crippen molar-refractivity contribution in [3.05, 3.63) is 24.3 Å². The van der Waals surface area contributed by atoms with Gasteiger partial charge in [0.15, 0.2) is 6.29 Å². The molecule has 1 saturated heterocycles. The average molecular weight is 343 g/mol. The second-order valence-electron chi connectivity index (χ2n) is 5.40. The predicted octanol–water partition coefficient (Wildman–Crippen LogP) is -2.06. The van der Waals surface area contributed by atoms with Crippen LogP contribution >= 0.6 is 0 Å². The number of hydrogen-bond acceptors (Lipinski definition) is 9. The quantitative estimate of drug-likeness (QED) is 0.391. The van der Waals surface area contributed by atoms with E-state index in [1.807, 2.05) is 0 Å². The van der Waals surface area contributed by atoms with Gasteiger partial charge in [0.05, 0.1) is 6.61 Å². The molecule has 2 heterocycles. The molecule has 0 aliphatic carbocycles. The largest absolute Gasteiger partial charge is 0.453 e. The number of amides is 1. The number of aliphatic hydroxyl groups is 4. The molecule has 0 radical (unpaired) electrons. The molecule has 3 rings (SSSR count). The van der Waals surface area contributed by atoms with E-state index in [1.165, 1.54) is 12.1 Å². The number of fused-ring (bicyclic) bond motifs is 1. The second kappa shape index (κ2) is 6.61. The van der Waals surface area contributed by atoms with Crippen molar-refractivity contribution in [2.24, 2.45) is 0 Å². The van der Waals surface area contributed by atoms with E-state index in [-0.39, 0.29) is 11.4 Å². The molecule has 24 heavy (non-hydrogen) atoms. The van der Waals surface area contributed by atoms with Crippen LogP contribution in [0.2, 0.25) is 0 Å². The van der Waals surface area contributed by atoms with Crippen LogP contribution in [0.25, 0.3) is 0 Å². The third-order valence-corrected chi connectivity index (χ3v) is 3.84. The molecule has 0 bridgehead atoms. The van der Waals surface area contributed by atoms with Crippen LogP contribution in [0.15, 0.2) is 24.3 Å². The fourth-order valence-corrected chi connectivity index (χ4v) is 2.50. The average Bonchev–Trinajstić information content (AvgIpc) is 2.59. The van der Waals surface area contributed by atoms with Crippen molar-refractivity contribution in [1.29, 1.82) is 0 Å². The molecule has 10 nitrogen and oxygen atoms in total. The van der Waals surface area contributed by atoms with E-state index >= 15 is 0 Å². The molecule has 0 saturated carbocycles. The van der Waals surface area contributed by atoms with Gasteiger partial charge in [-0.15, -0.1) is 0 Å². The Morgan fingerprint density at radius 2 is 1.83 bits per heavy atom. The number of benzene rings is 1. The summed E-state index contributed by atoms with van der Waals surface area (Å²) < 4.78 is 15.7. The SMILES string of the molecule is O=C1[C@@H](O[C@H]2O[C@@H](CO)[C@H](O)[C@@H](O)[C@@H]2O)Oc2ccccc2N1O. The summed E-state index contributed by atoms with van der Waals surface area (Å²) in [5.74, 6) is -0.806. The highest BCUT2D eigenvalue weighted by atomic mass is 16.8. The molecular weight excluding hydrogens is 326 g/mol. The number of para-hydroxylation sites is 2. The standard InChI is InChI=1S/C14H17NO9/c16-5-8-9(17)10(18)11(19)13(23-8)24-14-12(20)15(21)6-3-1-2-4-7(6)22-14/h1-4,8-11,13-14,16-19,21H,5H2/t8-,9-,10+,11-,13+,14+/m0/s1. The van der Waals surface area contributed by atoms with E-state index in [9.17, 15) is 25.3 Å². The summed E-state index contributed by atoms with van der Waals surface area (Å²) in [6.45, 7) is -0.640. The van der Waals surface area contributed by atoms with Crippen LogP contribution in [0.4, 0.5) is 5.69 Å². The molecule has 1 fully saturated rings. The minimum absolute atomic E-state index is 0.121. The van der Waals surface area contributed by atoms with Crippen LogP contribution in [0.5, 0.6) is 5.75 Å². The maximum Gasteiger partial charge on any atom is 0.320 e. The molecule has 2 aliphatic rings. The monoisotopic (exact) mass is 343 g/mol. The smallest absolute Gasteiger partial charge is 0.320 e. The van der Waals surface area contributed by atoms with Gasteiger partial charge in [0, 0.05) is 0 Å². The summed E-state index contributed by atoms with van der Waals surface area (Å²) >= 11 is 0. The molecule has 2 aliphatic heterocycles. The van der Waals surface area contributed by atoms with Gasteiger partial charge in [-0.3, -0.25) is 10.0 Å². The molecule has 10 heteroatoms. The van der Waals surface area contributed by atoms with Gasteiger partial charge in [-0.2, -0.15) is 5.06 Å². The predicted molar refractivity (Wildman–Crippen MR) is 75.0 cm³/mol. The Morgan fingerprint density at radius 1 is 1.12 bits per heavy atom. The number of carbonyl (C=O) groups is 1. The topological polar surface area (TPSA) is 149 Å². The van der Waals surface area contributed by atoms with Gasteiger partial charge in [0.2, 0.25) is 0 Å². The van der Waals surface area contributed by atoms with E-state index in [4.69, 9.17) is 19.3 Å². The first-order valence-corrected chi connectivity index (χ1v) is 7.18. The number of ether oxygens (including phenoxy) is 3. The molecule has 1 amide bonds. The number of carbonyl (C=O) groups excluding carboxylic acids is 1. The molecule has 132 valence electrons. The Hall–Kier alpha value is -1.79. The van der Waals surface area contributed by atoms with Crippen LogP contribution in [0.1, 0.15) is 0 Å². The number of rotatable bonds is 3. The fourth-order valence-electron chi connectivity index (χ4n) is 2.50. The molecule has 5 N–H and O–H groups in total. The van der Waals surface area contributed by atoms with Crippen molar-refractivity contribution in [2.45, 2.75) is 37.0 Å². The molecule has 6 atom stereocenters. The van der Waals surface area contributed by atoms with E-state index in [2.05, 4.69) is 0 Å². The summed E-state index contributed by atoms with van der Waals surface area (Å²) in [5, 5.41) is 48.7. The van der Waals surface area contributed by atoms with Crippen molar-refractivity contribution >= 4 is 11.6 Å². The van der Waals surface area contributed by atoms with Crippen molar-refractivity contribution in [2.75, 3.05) is 11.7 Å². The minimum atomic E-state index is -1.69. The van der Waals surface area contributed by atoms with Crippen molar-refractivity contribution in [3.63, 3.8) is 0 Å². The van der Waals surface area contributed by atoms with Crippen molar-refractivity contribution < 1.29 is 44.6 Å². The zero-order valence-electron chi connectivity index (χ0n) is 12.3. The molecule has 1 aromatic rings. The van der Waals surface area contributed by atoms with Crippen LogP contribution < -0.4 is 9.80 Å². The van der Waals surface area contributed by atoms with Crippen LogP contribution in [0, 0.1) is 0 Å². The number of aliphatic hydroxyl groups excluding tert-OH is 4. The Kier molecular flexibility index (Phi) is 4.69. The van der Waals surface area contributed by atoms with Crippen LogP contribution in [-0.2, 0) is 14.3 Å². The highest BCUT2D eigenvalue weighted by molar-refractivity contribution is 5.97. The zero-order chi connectivity index (χ0) is 17.4. The summed E-state index contributed by atoms with van der Waals surface area (Å²) in [6.07, 6.45) is -9.30. The van der Waals surface area contributed by atoms with Gasteiger partial charge < -0.3 is 34.6 Å². The Bertz CT molecular complexity index is 610. The fraction of sp³-hybridized carbons (Fsp3) is 0.500. The third-order valence-electron chi connectivity index (χ3n) is 3.84. The maximum absolute atomic E-state index is 12.1. The molecule has 1 aromatic carbocycles. The molecular formula is C14H17NO9. The molecule has 0 unspecified atom stereocenters. The Morgan fingerprint density at radius 3 is 2.54 bits per heavy atom. The normalized spacial score (nSPS) is 36.2. The Balaban J connectivity index is 1.77. The molecule has 0 spiro atoms.